The first kappa shape index (κ1) is 50.2. The van der Waals surface area contributed by atoms with E-state index in [1.165, 1.54) is 77.6 Å². The van der Waals surface area contributed by atoms with E-state index >= 15 is 0 Å². The maximum absolute atomic E-state index is 12.5. The maximum atomic E-state index is 12.5. The Labute approximate surface area is 325 Å². The summed E-state index contributed by atoms with van der Waals surface area (Å²) in [5.41, 5.74) is 0. The Morgan fingerprint density at radius 3 is 1.45 bits per heavy atom. The minimum Gasteiger partial charge on any atom is -0.550 e. The minimum absolute atomic E-state index is 0. The number of carboxylic acids is 3. The van der Waals surface area contributed by atoms with Crippen molar-refractivity contribution in [2.45, 2.75) is 173 Å². The first-order valence-corrected chi connectivity index (χ1v) is 17.0. The Balaban J connectivity index is -0.00000968. The number of rotatable bonds is 30. The SMILES string of the molecule is CCCCCCCCCCCCCCCCCC(=O)N[C@@H](C)C(=O)N[C@H](CCC(=O)NC(CCCCC(=O)[O-])C(=O)[O-])C(=O)O.[Na+].[Na+]. The van der Waals surface area contributed by atoms with Crippen LogP contribution in [0.5, 0.6) is 0 Å². The molecular formula is C33H57N3Na2O9. The summed E-state index contributed by atoms with van der Waals surface area (Å²) in [4.78, 5) is 70.3. The molecule has 0 fully saturated rings. The molecule has 0 aliphatic heterocycles. The number of carbonyl (C=O) groups is 6. The first-order chi connectivity index (χ1) is 21.5. The van der Waals surface area contributed by atoms with Crippen LogP contribution in [-0.2, 0) is 28.8 Å². The zero-order valence-corrected chi connectivity index (χ0v) is 33.5. The van der Waals surface area contributed by atoms with E-state index in [0.29, 0.717) is 6.42 Å². The zero-order valence-electron chi connectivity index (χ0n) is 29.5. The largest absolute Gasteiger partial charge is 1.00 e. The average Bonchev–Trinajstić information content (AvgIpc) is 2.98. The van der Waals surface area contributed by atoms with Gasteiger partial charge in [-0.25, -0.2) is 4.79 Å². The van der Waals surface area contributed by atoms with Crippen molar-refractivity contribution in [3.63, 3.8) is 0 Å². The second kappa shape index (κ2) is 33.3. The Kier molecular flexibility index (Phi) is 35.6. The third-order valence-electron chi connectivity index (χ3n) is 7.80. The number of aliphatic carboxylic acids is 3. The van der Waals surface area contributed by atoms with E-state index in [1.54, 1.807) is 0 Å². The van der Waals surface area contributed by atoms with Crippen molar-refractivity contribution in [1.29, 1.82) is 0 Å². The Morgan fingerprint density at radius 1 is 0.553 bits per heavy atom. The van der Waals surface area contributed by atoms with Crippen LogP contribution in [0, 0.1) is 0 Å². The molecule has 0 radical (unpaired) electrons. The third kappa shape index (κ3) is 30.6. The fourth-order valence-electron chi connectivity index (χ4n) is 5.00. The van der Waals surface area contributed by atoms with Gasteiger partial charge in [-0.1, -0.05) is 103 Å². The Hall–Kier alpha value is -1.18. The molecule has 47 heavy (non-hydrogen) atoms. The van der Waals surface area contributed by atoms with Crippen LogP contribution in [0.25, 0.3) is 0 Å². The van der Waals surface area contributed by atoms with Gasteiger partial charge in [0.2, 0.25) is 17.7 Å². The molecule has 260 valence electrons. The van der Waals surface area contributed by atoms with Crippen LogP contribution in [0.2, 0.25) is 0 Å². The topological polar surface area (TPSA) is 205 Å². The number of unbranched alkanes of at least 4 members (excludes halogenated alkanes) is 15. The summed E-state index contributed by atoms with van der Waals surface area (Å²) in [5.74, 6) is -5.96. The summed E-state index contributed by atoms with van der Waals surface area (Å²) < 4.78 is 0. The Morgan fingerprint density at radius 2 is 1.00 bits per heavy atom. The van der Waals surface area contributed by atoms with Gasteiger partial charge in [0, 0.05) is 18.8 Å². The predicted molar refractivity (Wildman–Crippen MR) is 166 cm³/mol. The molecule has 0 bridgehead atoms. The van der Waals surface area contributed by atoms with Crippen LogP contribution in [0.15, 0.2) is 0 Å². The smallest absolute Gasteiger partial charge is 0.550 e. The van der Waals surface area contributed by atoms with Gasteiger partial charge in [-0.2, -0.15) is 0 Å². The summed E-state index contributed by atoms with van der Waals surface area (Å²) in [6, 6.07) is -3.77. The molecule has 0 saturated heterocycles. The quantitative estimate of drug-likeness (QED) is 0.0440. The standard InChI is InChI=1S/C33H59N3O9.2Na/c1-3-4-5-6-7-8-9-10-11-12-13-14-15-16-17-21-28(37)34-25(2)31(41)36-27(33(44)45)23-24-29(38)35-26(32(42)43)20-18-19-22-30(39)40;;/h25-27H,3-24H2,1-2H3,(H,34,37)(H,35,38)(H,36,41)(H,39,40)(H,42,43)(H,44,45);;/q;2*+1/p-2/t25-,26?,27+;;/m0../s1. The molecule has 3 amide bonds. The molecule has 0 aliphatic carbocycles. The molecule has 14 heteroatoms. The van der Waals surface area contributed by atoms with E-state index in [4.69, 9.17) is 0 Å². The second-order valence-corrected chi connectivity index (χ2v) is 12.0. The zero-order chi connectivity index (χ0) is 33.9. The van der Waals surface area contributed by atoms with Crippen molar-refractivity contribution in [2.75, 3.05) is 0 Å². The van der Waals surface area contributed by atoms with Crippen LogP contribution in [0.3, 0.4) is 0 Å². The van der Waals surface area contributed by atoms with Gasteiger partial charge in [0.1, 0.15) is 12.1 Å². The summed E-state index contributed by atoms with van der Waals surface area (Å²) in [6.45, 7) is 3.68. The number of hydrogen-bond donors (Lipinski definition) is 4. The number of nitrogens with one attached hydrogen (secondary N) is 3. The summed E-state index contributed by atoms with van der Waals surface area (Å²) in [5, 5.41) is 38.3. The Bertz CT molecular complexity index is 893. The molecule has 0 aromatic rings. The van der Waals surface area contributed by atoms with E-state index in [2.05, 4.69) is 22.9 Å². The number of carboxylic acid groups (broad SMARTS) is 3. The summed E-state index contributed by atoms with van der Waals surface area (Å²) in [6.07, 6.45) is 17.9. The average molecular weight is 686 g/mol. The summed E-state index contributed by atoms with van der Waals surface area (Å²) in [7, 11) is 0. The van der Waals surface area contributed by atoms with Crippen molar-refractivity contribution in [1.82, 2.24) is 16.0 Å². The van der Waals surface area contributed by atoms with Crippen molar-refractivity contribution in [3.05, 3.63) is 0 Å². The van der Waals surface area contributed by atoms with Crippen LogP contribution in [-0.4, -0.2) is 58.9 Å². The molecule has 1 unspecified atom stereocenters. The van der Waals surface area contributed by atoms with E-state index in [9.17, 15) is 44.1 Å². The van der Waals surface area contributed by atoms with Gasteiger partial charge in [0.15, 0.2) is 0 Å². The molecule has 0 aliphatic rings. The summed E-state index contributed by atoms with van der Waals surface area (Å²) >= 11 is 0. The van der Waals surface area contributed by atoms with Gasteiger partial charge in [0.25, 0.3) is 0 Å². The number of amides is 3. The van der Waals surface area contributed by atoms with Gasteiger partial charge >= 0.3 is 65.1 Å². The molecule has 0 rings (SSSR count). The number of carbonyl (C=O) groups excluding carboxylic acids is 5. The van der Waals surface area contributed by atoms with Crippen molar-refractivity contribution in [2.24, 2.45) is 0 Å². The molecule has 0 spiro atoms. The fraction of sp³-hybridized carbons (Fsp3) is 0.818. The molecule has 0 heterocycles. The molecule has 12 nitrogen and oxygen atoms in total. The van der Waals surface area contributed by atoms with Gasteiger partial charge in [-0.15, -0.1) is 0 Å². The molecule has 0 aromatic carbocycles. The molecule has 0 aromatic heterocycles. The minimum atomic E-state index is -1.55. The fourth-order valence-corrected chi connectivity index (χ4v) is 5.00. The van der Waals surface area contributed by atoms with Crippen molar-refractivity contribution < 1.29 is 103 Å². The van der Waals surface area contributed by atoms with Crippen molar-refractivity contribution >= 4 is 35.6 Å². The van der Waals surface area contributed by atoms with Crippen LogP contribution < -0.4 is 85.3 Å². The van der Waals surface area contributed by atoms with Crippen LogP contribution in [0.1, 0.15) is 155 Å². The van der Waals surface area contributed by atoms with E-state index in [1.807, 2.05) is 0 Å². The van der Waals surface area contributed by atoms with Gasteiger partial charge in [-0.05, 0) is 39.0 Å². The van der Waals surface area contributed by atoms with Crippen LogP contribution in [0.4, 0.5) is 0 Å². The molecular weight excluding hydrogens is 628 g/mol. The van der Waals surface area contributed by atoms with E-state index in [-0.39, 0.29) is 110 Å². The third-order valence-corrected chi connectivity index (χ3v) is 7.80. The van der Waals surface area contributed by atoms with Crippen molar-refractivity contribution in [3.8, 4) is 0 Å². The predicted octanol–water partition coefficient (Wildman–Crippen LogP) is -3.34. The van der Waals surface area contributed by atoms with Gasteiger partial charge in [0.05, 0.1) is 12.0 Å². The molecule has 0 saturated carbocycles. The maximum Gasteiger partial charge on any atom is 1.00 e. The molecule has 3 atom stereocenters. The van der Waals surface area contributed by atoms with Crippen LogP contribution >= 0.6 is 0 Å². The number of hydrogen-bond acceptors (Lipinski definition) is 8. The van der Waals surface area contributed by atoms with Gasteiger partial charge < -0.3 is 40.9 Å². The van der Waals surface area contributed by atoms with E-state index < -0.39 is 47.8 Å². The van der Waals surface area contributed by atoms with E-state index in [0.717, 1.165) is 19.3 Å². The normalized spacial score (nSPS) is 12.4. The second-order valence-electron chi connectivity index (χ2n) is 12.0. The monoisotopic (exact) mass is 685 g/mol. The first-order valence-electron chi connectivity index (χ1n) is 17.0. The molecule has 4 N–H and O–H groups in total. The van der Waals surface area contributed by atoms with Gasteiger partial charge in [-0.3, -0.25) is 14.4 Å².